The smallest absolute Gasteiger partial charge is 0.240 e. The molecule has 1 aromatic heterocycles. The number of hydrogen-bond donors (Lipinski definition) is 0. The van der Waals surface area contributed by atoms with Crippen LogP contribution in [0.5, 0.6) is 0 Å². The number of rotatable bonds is 4. The molecule has 1 unspecified atom stereocenters. The highest BCUT2D eigenvalue weighted by Crippen LogP contribution is 1.99. The molecule has 0 aliphatic heterocycles. The average Bonchev–Trinajstić information content (AvgIpc) is 2.65. The van der Waals surface area contributed by atoms with Gasteiger partial charge >= 0.3 is 0 Å². The molecule has 0 aliphatic carbocycles. The Hall–Kier alpha value is -1.10. The second-order valence-electron chi connectivity index (χ2n) is 3.03. The molecule has 0 radical (unpaired) electrons. The lowest BCUT2D eigenvalue weighted by Gasteiger charge is -2.17. The molecule has 1 atom stereocenters. The highest BCUT2D eigenvalue weighted by Gasteiger charge is 2.13. The van der Waals surface area contributed by atoms with Crippen molar-refractivity contribution in [2.45, 2.75) is 18.8 Å². The molecular formula is C8H13ClN4O. The van der Waals surface area contributed by atoms with Crippen LogP contribution in [-0.4, -0.2) is 44.5 Å². The van der Waals surface area contributed by atoms with E-state index in [0.29, 0.717) is 13.1 Å². The van der Waals surface area contributed by atoms with Crippen LogP contribution in [0.3, 0.4) is 0 Å². The van der Waals surface area contributed by atoms with Crippen LogP contribution in [0, 0.1) is 0 Å². The van der Waals surface area contributed by atoms with E-state index < -0.39 is 5.38 Å². The van der Waals surface area contributed by atoms with Crippen molar-refractivity contribution < 1.29 is 4.79 Å². The Balaban J connectivity index is 2.35. The Morgan fingerprint density at radius 2 is 2.43 bits per heavy atom. The summed E-state index contributed by atoms with van der Waals surface area (Å²) >= 11 is 5.66. The van der Waals surface area contributed by atoms with Crippen LogP contribution in [-0.2, 0) is 11.3 Å². The van der Waals surface area contributed by atoms with Gasteiger partial charge in [0.05, 0.1) is 6.54 Å². The molecule has 0 saturated carbocycles. The van der Waals surface area contributed by atoms with E-state index in [-0.39, 0.29) is 5.91 Å². The number of aromatic nitrogens is 3. The number of alkyl halides is 1. The van der Waals surface area contributed by atoms with Gasteiger partial charge in [-0.05, 0) is 6.92 Å². The number of nitrogens with zero attached hydrogens (tertiary/aromatic N) is 4. The molecule has 1 amide bonds. The zero-order chi connectivity index (χ0) is 10.6. The third-order valence-corrected chi connectivity index (χ3v) is 2.03. The molecule has 78 valence electrons. The van der Waals surface area contributed by atoms with Crippen LogP contribution in [0.1, 0.15) is 6.92 Å². The quantitative estimate of drug-likeness (QED) is 0.684. The second-order valence-corrected chi connectivity index (χ2v) is 3.69. The molecule has 0 aliphatic rings. The van der Waals surface area contributed by atoms with Gasteiger partial charge in [-0.3, -0.25) is 9.48 Å². The molecule has 0 spiro atoms. The first-order chi connectivity index (χ1) is 6.61. The summed E-state index contributed by atoms with van der Waals surface area (Å²) in [6.07, 6.45) is 3.08. The van der Waals surface area contributed by atoms with Crippen molar-refractivity contribution in [1.29, 1.82) is 0 Å². The molecule has 0 fully saturated rings. The van der Waals surface area contributed by atoms with Gasteiger partial charge in [-0.25, -0.2) is 4.98 Å². The predicted molar refractivity (Wildman–Crippen MR) is 53.0 cm³/mol. The lowest BCUT2D eigenvalue weighted by atomic mass is 10.4. The maximum absolute atomic E-state index is 11.4. The number of halogens is 1. The minimum Gasteiger partial charge on any atom is -0.343 e. The Bertz CT molecular complexity index is 286. The average molecular weight is 217 g/mol. The third-order valence-electron chi connectivity index (χ3n) is 1.85. The first kappa shape index (κ1) is 11.0. The molecule has 6 heteroatoms. The molecule has 1 heterocycles. The summed E-state index contributed by atoms with van der Waals surface area (Å²) in [5.74, 6) is -0.0771. The summed E-state index contributed by atoms with van der Waals surface area (Å²) in [5.41, 5.74) is 0. The van der Waals surface area contributed by atoms with Crippen molar-refractivity contribution in [1.82, 2.24) is 19.7 Å². The summed E-state index contributed by atoms with van der Waals surface area (Å²) in [6.45, 7) is 2.88. The Morgan fingerprint density at radius 3 is 2.93 bits per heavy atom. The molecule has 1 rings (SSSR count). The van der Waals surface area contributed by atoms with E-state index in [0.717, 1.165) is 0 Å². The summed E-state index contributed by atoms with van der Waals surface area (Å²) in [4.78, 5) is 16.7. The van der Waals surface area contributed by atoms with Gasteiger partial charge in [0, 0.05) is 13.6 Å². The monoisotopic (exact) mass is 216 g/mol. The lowest BCUT2D eigenvalue weighted by molar-refractivity contribution is -0.129. The molecule has 0 saturated heterocycles. The van der Waals surface area contributed by atoms with Gasteiger partial charge in [0.1, 0.15) is 18.0 Å². The Kier molecular flexibility index (Phi) is 3.88. The fraction of sp³-hybridized carbons (Fsp3) is 0.625. The maximum Gasteiger partial charge on any atom is 0.240 e. The number of amides is 1. The van der Waals surface area contributed by atoms with Crippen LogP contribution in [0.15, 0.2) is 12.7 Å². The summed E-state index contributed by atoms with van der Waals surface area (Å²) in [5, 5.41) is 3.45. The normalized spacial score (nSPS) is 12.5. The van der Waals surface area contributed by atoms with Crippen molar-refractivity contribution in [3.8, 4) is 0 Å². The minimum absolute atomic E-state index is 0.0771. The standard InChI is InChI=1S/C8H13ClN4O/c1-7(9)8(14)12(2)3-4-13-6-10-5-11-13/h5-7H,3-4H2,1-2H3. The highest BCUT2D eigenvalue weighted by molar-refractivity contribution is 6.30. The minimum atomic E-state index is -0.476. The number of carbonyl (C=O) groups excluding carboxylic acids is 1. The SMILES string of the molecule is CC(Cl)C(=O)N(C)CCn1cncn1. The van der Waals surface area contributed by atoms with Crippen molar-refractivity contribution >= 4 is 17.5 Å². The van der Waals surface area contributed by atoms with Crippen LogP contribution in [0.25, 0.3) is 0 Å². The van der Waals surface area contributed by atoms with Gasteiger partial charge in [-0.15, -0.1) is 11.6 Å². The molecule has 0 bridgehead atoms. The molecule has 1 aromatic rings. The van der Waals surface area contributed by atoms with Gasteiger partial charge < -0.3 is 4.90 Å². The zero-order valence-corrected chi connectivity index (χ0v) is 8.98. The number of hydrogen-bond acceptors (Lipinski definition) is 3. The van der Waals surface area contributed by atoms with Crippen molar-refractivity contribution in [2.75, 3.05) is 13.6 Å². The van der Waals surface area contributed by atoms with Gasteiger partial charge in [0.15, 0.2) is 0 Å². The van der Waals surface area contributed by atoms with Gasteiger partial charge in [0.2, 0.25) is 5.91 Å². The van der Waals surface area contributed by atoms with Crippen molar-refractivity contribution in [2.24, 2.45) is 0 Å². The van der Waals surface area contributed by atoms with E-state index in [2.05, 4.69) is 10.1 Å². The maximum atomic E-state index is 11.4. The van der Waals surface area contributed by atoms with Crippen LogP contribution < -0.4 is 0 Å². The molecule has 0 N–H and O–H groups in total. The number of carbonyl (C=O) groups is 1. The van der Waals surface area contributed by atoms with Crippen LogP contribution >= 0.6 is 11.6 Å². The highest BCUT2D eigenvalue weighted by atomic mass is 35.5. The summed E-state index contributed by atoms with van der Waals surface area (Å²) < 4.78 is 1.67. The van der Waals surface area contributed by atoms with Gasteiger partial charge in [-0.1, -0.05) is 0 Å². The largest absolute Gasteiger partial charge is 0.343 e. The predicted octanol–water partition coefficient (Wildman–Crippen LogP) is 0.364. The summed E-state index contributed by atoms with van der Waals surface area (Å²) in [6, 6.07) is 0. The van der Waals surface area contributed by atoms with Crippen LogP contribution in [0.2, 0.25) is 0 Å². The fourth-order valence-electron chi connectivity index (χ4n) is 1.01. The molecular weight excluding hydrogens is 204 g/mol. The lowest BCUT2D eigenvalue weighted by Crippen LogP contribution is -2.34. The van der Waals surface area contributed by atoms with E-state index in [1.807, 2.05) is 0 Å². The van der Waals surface area contributed by atoms with E-state index >= 15 is 0 Å². The first-order valence-electron chi connectivity index (χ1n) is 4.32. The van der Waals surface area contributed by atoms with Gasteiger partial charge in [-0.2, -0.15) is 5.10 Å². The Morgan fingerprint density at radius 1 is 1.71 bits per heavy atom. The van der Waals surface area contributed by atoms with E-state index in [1.54, 1.807) is 29.9 Å². The van der Waals surface area contributed by atoms with E-state index in [1.165, 1.54) is 6.33 Å². The Labute approximate surface area is 87.7 Å². The first-order valence-corrected chi connectivity index (χ1v) is 4.76. The molecule has 5 nitrogen and oxygen atoms in total. The topological polar surface area (TPSA) is 51.0 Å². The van der Waals surface area contributed by atoms with E-state index in [9.17, 15) is 4.79 Å². The van der Waals surface area contributed by atoms with E-state index in [4.69, 9.17) is 11.6 Å². The van der Waals surface area contributed by atoms with Crippen LogP contribution in [0.4, 0.5) is 0 Å². The molecule has 0 aromatic carbocycles. The number of likely N-dealkylation sites (N-methyl/N-ethyl adjacent to an activating group) is 1. The molecule has 14 heavy (non-hydrogen) atoms. The zero-order valence-electron chi connectivity index (χ0n) is 8.22. The van der Waals surface area contributed by atoms with Gasteiger partial charge in [0.25, 0.3) is 0 Å². The fourth-order valence-corrected chi connectivity index (χ4v) is 1.18. The van der Waals surface area contributed by atoms with Crippen molar-refractivity contribution in [3.05, 3.63) is 12.7 Å². The summed E-state index contributed by atoms with van der Waals surface area (Å²) in [7, 11) is 1.72. The third kappa shape index (κ3) is 2.99. The van der Waals surface area contributed by atoms with Crippen molar-refractivity contribution in [3.63, 3.8) is 0 Å². The second kappa shape index (κ2) is 4.95.